The van der Waals surface area contributed by atoms with Crippen LogP contribution in [0.15, 0.2) is 35.2 Å². The van der Waals surface area contributed by atoms with E-state index in [9.17, 15) is 13.2 Å². The Labute approximate surface area is 143 Å². The third-order valence-corrected chi connectivity index (χ3v) is 6.63. The van der Waals surface area contributed by atoms with Crippen molar-refractivity contribution in [1.82, 2.24) is 9.21 Å². The maximum atomic E-state index is 12.7. The molecule has 0 radical (unpaired) electrons. The monoisotopic (exact) mass is 352 g/mol. The van der Waals surface area contributed by atoms with E-state index in [0.717, 1.165) is 12.8 Å². The van der Waals surface area contributed by atoms with Crippen LogP contribution in [0.1, 0.15) is 19.3 Å². The Morgan fingerprint density at radius 3 is 2.42 bits per heavy atom. The zero-order valence-electron chi connectivity index (χ0n) is 13.8. The van der Waals surface area contributed by atoms with E-state index in [1.807, 2.05) is 4.90 Å². The average Bonchev–Trinajstić information content (AvgIpc) is 2.89. The van der Waals surface area contributed by atoms with Crippen molar-refractivity contribution >= 4 is 15.9 Å². The summed E-state index contributed by atoms with van der Waals surface area (Å²) in [5, 5.41) is 0. The molecule has 0 saturated carbocycles. The van der Waals surface area contributed by atoms with Gasteiger partial charge in [0.2, 0.25) is 15.9 Å². The second-order valence-electron chi connectivity index (χ2n) is 6.28. The first-order valence-corrected chi connectivity index (χ1v) is 9.95. The van der Waals surface area contributed by atoms with Gasteiger partial charge in [0.15, 0.2) is 0 Å². The normalized spacial score (nSPS) is 21.4. The van der Waals surface area contributed by atoms with E-state index >= 15 is 0 Å². The van der Waals surface area contributed by atoms with Gasteiger partial charge >= 0.3 is 0 Å². The van der Waals surface area contributed by atoms with Crippen molar-refractivity contribution in [3.8, 4) is 0 Å². The lowest BCUT2D eigenvalue weighted by atomic mass is 9.98. The quantitative estimate of drug-likeness (QED) is 0.823. The van der Waals surface area contributed by atoms with Gasteiger partial charge in [0.05, 0.1) is 4.90 Å². The molecule has 2 fully saturated rings. The lowest BCUT2D eigenvalue weighted by Gasteiger charge is -2.28. The lowest BCUT2D eigenvalue weighted by molar-refractivity contribution is -0.138. The molecule has 2 aliphatic rings. The summed E-state index contributed by atoms with van der Waals surface area (Å²) < 4.78 is 32.3. The number of carbonyl (C=O) groups is 1. The largest absolute Gasteiger partial charge is 0.381 e. The minimum Gasteiger partial charge on any atom is -0.381 e. The van der Waals surface area contributed by atoms with Crippen molar-refractivity contribution in [2.75, 3.05) is 39.4 Å². The second kappa shape index (κ2) is 7.63. The maximum Gasteiger partial charge on any atom is 0.243 e. The van der Waals surface area contributed by atoms with Gasteiger partial charge in [0.1, 0.15) is 0 Å². The van der Waals surface area contributed by atoms with Crippen molar-refractivity contribution in [1.29, 1.82) is 0 Å². The zero-order chi connectivity index (χ0) is 17.0. The molecule has 1 aromatic carbocycles. The SMILES string of the molecule is O=C(C1CCOCC1)N1CCCN(S(=O)(=O)c2ccccc2)CC1. The van der Waals surface area contributed by atoms with Crippen LogP contribution in [0.4, 0.5) is 0 Å². The number of hydrogen-bond donors (Lipinski definition) is 0. The Morgan fingerprint density at radius 2 is 1.71 bits per heavy atom. The van der Waals surface area contributed by atoms with Crippen LogP contribution < -0.4 is 0 Å². The fourth-order valence-corrected chi connectivity index (χ4v) is 4.79. The van der Waals surface area contributed by atoms with Gasteiger partial charge in [-0.05, 0) is 31.4 Å². The molecule has 0 atom stereocenters. The number of nitrogens with zero attached hydrogens (tertiary/aromatic N) is 2. The predicted molar refractivity (Wildman–Crippen MR) is 89.9 cm³/mol. The number of rotatable bonds is 3. The average molecular weight is 352 g/mol. The van der Waals surface area contributed by atoms with E-state index in [-0.39, 0.29) is 11.8 Å². The molecule has 0 bridgehead atoms. The topological polar surface area (TPSA) is 66.9 Å². The van der Waals surface area contributed by atoms with E-state index < -0.39 is 10.0 Å². The summed E-state index contributed by atoms with van der Waals surface area (Å²) in [5.41, 5.74) is 0. The molecule has 0 N–H and O–H groups in total. The standard InChI is InChI=1S/C17H24N2O4S/c20-17(15-7-13-23-14-8-15)18-9-4-10-19(12-11-18)24(21,22)16-5-2-1-3-6-16/h1-3,5-6,15H,4,7-14H2. The Hall–Kier alpha value is -1.44. The smallest absolute Gasteiger partial charge is 0.243 e. The van der Waals surface area contributed by atoms with Crippen molar-refractivity contribution in [2.24, 2.45) is 5.92 Å². The number of benzene rings is 1. The van der Waals surface area contributed by atoms with Crippen LogP contribution in [-0.4, -0.2) is 62.9 Å². The number of hydrogen-bond acceptors (Lipinski definition) is 4. The highest BCUT2D eigenvalue weighted by Gasteiger charge is 2.31. The number of amides is 1. The summed E-state index contributed by atoms with van der Waals surface area (Å²) in [7, 11) is -3.48. The van der Waals surface area contributed by atoms with Crippen LogP contribution >= 0.6 is 0 Å². The fraction of sp³-hybridized carbons (Fsp3) is 0.588. The van der Waals surface area contributed by atoms with Crippen LogP contribution in [-0.2, 0) is 19.6 Å². The molecule has 2 aliphatic heterocycles. The highest BCUT2D eigenvalue weighted by Crippen LogP contribution is 2.21. The van der Waals surface area contributed by atoms with E-state index in [0.29, 0.717) is 50.7 Å². The molecule has 1 amide bonds. The van der Waals surface area contributed by atoms with E-state index in [1.54, 1.807) is 30.3 Å². The van der Waals surface area contributed by atoms with Gasteiger partial charge in [-0.3, -0.25) is 4.79 Å². The predicted octanol–water partition coefficient (Wildman–Crippen LogP) is 1.34. The first-order valence-electron chi connectivity index (χ1n) is 8.51. The van der Waals surface area contributed by atoms with Gasteiger partial charge < -0.3 is 9.64 Å². The van der Waals surface area contributed by atoms with Gasteiger partial charge in [0, 0.05) is 45.3 Å². The van der Waals surface area contributed by atoms with Gasteiger partial charge in [0.25, 0.3) is 0 Å². The first kappa shape index (κ1) is 17.4. The Balaban J connectivity index is 1.65. The summed E-state index contributed by atoms with van der Waals surface area (Å²) in [5.74, 6) is 0.174. The molecule has 132 valence electrons. The molecule has 2 saturated heterocycles. The molecule has 0 aromatic heterocycles. The molecule has 3 rings (SSSR count). The molecule has 6 nitrogen and oxygen atoms in total. The second-order valence-corrected chi connectivity index (χ2v) is 8.22. The highest BCUT2D eigenvalue weighted by atomic mass is 32.2. The van der Waals surface area contributed by atoms with Gasteiger partial charge in [-0.15, -0.1) is 0 Å². The van der Waals surface area contributed by atoms with Crippen LogP contribution in [0.5, 0.6) is 0 Å². The minimum atomic E-state index is -3.48. The number of carbonyl (C=O) groups excluding carboxylic acids is 1. The Kier molecular flexibility index (Phi) is 5.53. The molecule has 2 heterocycles. The van der Waals surface area contributed by atoms with Gasteiger partial charge in [-0.25, -0.2) is 8.42 Å². The minimum absolute atomic E-state index is 0.0241. The summed E-state index contributed by atoms with van der Waals surface area (Å²) in [6.45, 7) is 3.16. The molecule has 7 heteroatoms. The van der Waals surface area contributed by atoms with Crippen LogP contribution in [0.25, 0.3) is 0 Å². The van der Waals surface area contributed by atoms with Crippen molar-refractivity contribution in [3.63, 3.8) is 0 Å². The van der Waals surface area contributed by atoms with Crippen molar-refractivity contribution < 1.29 is 17.9 Å². The third kappa shape index (κ3) is 3.79. The van der Waals surface area contributed by atoms with Crippen LogP contribution in [0, 0.1) is 5.92 Å². The van der Waals surface area contributed by atoms with Gasteiger partial charge in [-0.1, -0.05) is 18.2 Å². The van der Waals surface area contributed by atoms with Crippen LogP contribution in [0.2, 0.25) is 0 Å². The molecule has 1 aromatic rings. The molecule has 0 unspecified atom stereocenters. The van der Waals surface area contributed by atoms with Crippen LogP contribution in [0.3, 0.4) is 0 Å². The van der Waals surface area contributed by atoms with E-state index in [2.05, 4.69) is 0 Å². The van der Waals surface area contributed by atoms with E-state index in [1.165, 1.54) is 4.31 Å². The molecular formula is C17H24N2O4S. The highest BCUT2D eigenvalue weighted by molar-refractivity contribution is 7.89. The van der Waals surface area contributed by atoms with Crippen molar-refractivity contribution in [2.45, 2.75) is 24.2 Å². The Morgan fingerprint density at radius 1 is 1.00 bits per heavy atom. The molecular weight excluding hydrogens is 328 g/mol. The third-order valence-electron chi connectivity index (χ3n) is 4.72. The summed E-state index contributed by atoms with van der Waals surface area (Å²) in [6.07, 6.45) is 2.20. The molecule has 0 aliphatic carbocycles. The van der Waals surface area contributed by atoms with Gasteiger partial charge in [-0.2, -0.15) is 4.31 Å². The zero-order valence-corrected chi connectivity index (χ0v) is 14.6. The number of sulfonamides is 1. The lowest BCUT2D eigenvalue weighted by Crippen LogP contribution is -2.41. The van der Waals surface area contributed by atoms with E-state index in [4.69, 9.17) is 4.74 Å². The summed E-state index contributed by atoms with van der Waals surface area (Å²) in [4.78, 5) is 14.8. The maximum absolute atomic E-state index is 12.7. The summed E-state index contributed by atoms with van der Waals surface area (Å²) >= 11 is 0. The fourth-order valence-electron chi connectivity index (χ4n) is 3.30. The first-order chi connectivity index (χ1) is 11.6. The Bertz CT molecular complexity index is 656. The summed E-state index contributed by atoms with van der Waals surface area (Å²) in [6, 6.07) is 8.49. The van der Waals surface area contributed by atoms with Crippen molar-refractivity contribution in [3.05, 3.63) is 30.3 Å². The number of ether oxygens (including phenoxy) is 1. The molecule has 0 spiro atoms. The molecule has 24 heavy (non-hydrogen) atoms.